The van der Waals surface area contributed by atoms with E-state index in [9.17, 15) is 24.4 Å². The quantitative estimate of drug-likeness (QED) is 0.0600. The molecule has 0 atom stereocenters. The van der Waals surface area contributed by atoms with Gasteiger partial charge >= 0.3 is 15.6 Å². The first-order chi connectivity index (χ1) is 62.6. The standard InChI is InChI=1S/C24H17O5P.C12H9O3P.C12H10.C11H16O.C10H8.C6H6O.11C3H8.5CH4O/c25-17-1-5-19(6-2-17)28-21-9-13-23(14-10-21)30(27)24-15-11-22(12-16-24)29-20-7-3-18(26)4-8-20;13-9-1-5-11(6-2-9)16(15)12-7-3-10(14)4-8-12;1-3-7-11(8-4-1)12-9-5-2-6-10-12;1-6-7(2)9(4)11(12)10(5)8(6)3;1-2-6-10-8-4-3-7-9(10)5-1;7-6-4-2-1-3-5-6;11*1-3-2;5*1-2/h1-16H,(H-,25,26);1-8H,(H-,13,14,15);1-10H;12H,1-5H3;1-8H;1-5,7H;11*3H2,1-2H3;5*2H,1H3/p+2. The van der Waals surface area contributed by atoms with Gasteiger partial charge < -0.3 is 65.6 Å². The lowest BCUT2D eigenvalue weighted by atomic mass is 9.94. The second kappa shape index (κ2) is 105. The van der Waals surface area contributed by atoms with Gasteiger partial charge in [-0.2, -0.15) is 0 Å². The molecule has 0 fully saturated rings. The second-order valence-electron chi connectivity index (χ2n) is 27.5. The minimum Gasteiger partial charge on any atom is -0.508 e. The molecule has 0 heterocycles. The SMILES string of the molecule is CCC.CCC.CCC.CCC.CCC.CCC.CCC.CCC.CCC.CCC.CCC.CO.CO.CO.CO.CO.Cc1c(C)c(C)c(O)c(C)c1C.O=[P+](c1ccc(O)cc1)c1ccc(O)cc1.O=[P+](c1ccc(Oc2ccc(O)cc2)cc1)c1ccc(Oc2ccc(O)cc2)cc1.Oc1ccccc1.c1ccc(-c2ccccc2)cc1.c1ccc2ccccc2c1. The van der Waals surface area contributed by atoms with E-state index in [1.807, 2.05) is 32.0 Å². The van der Waals surface area contributed by atoms with Gasteiger partial charge in [0.25, 0.3) is 0 Å². The van der Waals surface area contributed by atoms with Crippen LogP contribution in [-0.2, 0) is 9.13 Å². The maximum atomic E-state index is 12.9. The molecule has 0 aromatic heterocycles. The Labute approximate surface area is 792 Å². The number of benzene rings is 12. The molecule has 12 aromatic rings. The fraction of sp³-hybridized carbons (Fsp3) is 0.381. The highest BCUT2D eigenvalue weighted by Crippen LogP contribution is 2.32. The van der Waals surface area contributed by atoms with Crippen molar-refractivity contribution >= 4 is 47.6 Å². The van der Waals surface area contributed by atoms with E-state index in [1.165, 1.54) is 133 Å². The summed E-state index contributed by atoms with van der Waals surface area (Å²) in [5, 5.41) is 95.5. The maximum absolute atomic E-state index is 12.9. The Morgan fingerprint density at radius 2 is 0.331 bits per heavy atom. The molecule has 130 heavy (non-hydrogen) atoms. The van der Waals surface area contributed by atoms with Gasteiger partial charge in [0.1, 0.15) is 57.5 Å². The van der Waals surface area contributed by atoms with E-state index in [0.29, 0.717) is 55.7 Å². The number of phenolic OH excluding ortho intramolecular Hbond substituents is 6. The molecule has 11 N–H and O–H groups in total. The van der Waals surface area contributed by atoms with Gasteiger partial charge in [0.15, 0.2) is 21.2 Å². The van der Waals surface area contributed by atoms with Crippen LogP contribution in [0.2, 0.25) is 0 Å². The molecule has 12 aromatic carbocycles. The Hall–Kier alpha value is -10.7. The van der Waals surface area contributed by atoms with Crippen molar-refractivity contribution in [3.63, 3.8) is 0 Å². The summed E-state index contributed by atoms with van der Waals surface area (Å²) in [5.74, 6) is 3.87. The Balaban J connectivity index is -0.000000158. The molecule has 0 amide bonds. The average Bonchev–Trinajstić information content (AvgIpc) is 0.805. The number of aromatic hydroxyl groups is 6. The van der Waals surface area contributed by atoms with Crippen molar-refractivity contribution in [1.82, 2.24) is 0 Å². The van der Waals surface area contributed by atoms with Gasteiger partial charge in [0, 0.05) is 35.5 Å². The Bertz CT molecular complexity index is 3920. The van der Waals surface area contributed by atoms with Crippen molar-refractivity contribution in [2.24, 2.45) is 0 Å². The molecule has 0 saturated carbocycles. The molecule has 0 bridgehead atoms. The van der Waals surface area contributed by atoms with Crippen LogP contribution in [-0.4, -0.2) is 91.7 Å². The number of hydrogen-bond acceptors (Lipinski definition) is 15. The number of rotatable bonds is 9. The number of fused-ring (bicyclic) bond motifs is 1. The molecule has 726 valence electrons. The molecule has 0 unspecified atom stereocenters. The average molecular weight is 1840 g/mol. The predicted molar refractivity (Wildman–Crippen MR) is 571 cm³/mol. The van der Waals surface area contributed by atoms with Crippen LogP contribution in [0.3, 0.4) is 0 Å². The van der Waals surface area contributed by atoms with Gasteiger partial charge in [-0.3, -0.25) is 0 Å². The van der Waals surface area contributed by atoms with Crippen LogP contribution in [0.1, 0.15) is 251 Å². The molecule has 0 aliphatic carbocycles. The maximum Gasteiger partial charge on any atom is 0.415 e. The third kappa shape index (κ3) is 77.3. The summed E-state index contributed by atoms with van der Waals surface area (Å²) in [6.45, 7) is 56.9. The predicted octanol–water partition coefficient (Wildman–Crippen LogP) is 31.5. The summed E-state index contributed by atoms with van der Waals surface area (Å²) in [6.07, 6.45) is 13.8. The van der Waals surface area contributed by atoms with E-state index in [-0.39, 0.29) is 23.0 Å². The number of para-hydroxylation sites is 1. The minimum atomic E-state index is -1.75. The third-order valence-electron chi connectivity index (χ3n) is 13.7. The smallest absolute Gasteiger partial charge is 0.415 e. The Kier molecular flexibility index (Phi) is 113. The monoisotopic (exact) mass is 1840 g/mol. The van der Waals surface area contributed by atoms with Gasteiger partial charge in [0.05, 0.1) is 0 Å². The molecule has 12 rings (SSSR count). The highest BCUT2D eigenvalue weighted by atomic mass is 31.1. The van der Waals surface area contributed by atoms with Crippen LogP contribution in [0.4, 0.5) is 0 Å². The van der Waals surface area contributed by atoms with Gasteiger partial charge in [-0.05, 0) is 242 Å². The third-order valence-corrected chi connectivity index (χ3v) is 16.8. The zero-order chi connectivity index (χ0) is 102. The van der Waals surface area contributed by atoms with Gasteiger partial charge in [-0.15, -0.1) is 0 Å². The second-order valence-corrected chi connectivity index (χ2v) is 30.7. The highest BCUT2D eigenvalue weighted by Gasteiger charge is 2.25. The first-order valence-electron chi connectivity index (χ1n) is 45.5. The molecule has 0 spiro atoms. The van der Waals surface area contributed by atoms with Crippen molar-refractivity contribution in [1.29, 1.82) is 0 Å². The number of aliphatic hydroxyl groups excluding tert-OH is 5. The van der Waals surface area contributed by atoms with Crippen LogP contribution in [0, 0.1) is 34.6 Å². The highest BCUT2D eigenvalue weighted by molar-refractivity contribution is 7.61. The van der Waals surface area contributed by atoms with E-state index in [0.717, 1.165) is 46.7 Å². The van der Waals surface area contributed by atoms with E-state index in [1.54, 1.807) is 146 Å². The lowest BCUT2D eigenvalue weighted by Crippen LogP contribution is -2.06. The van der Waals surface area contributed by atoms with Gasteiger partial charge in [-0.25, -0.2) is 0 Å². The van der Waals surface area contributed by atoms with Crippen LogP contribution in [0.5, 0.6) is 57.5 Å². The summed E-state index contributed by atoms with van der Waals surface area (Å²) < 4.78 is 36.4. The van der Waals surface area contributed by atoms with Crippen molar-refractivity contribution in [2.75, 3.05) is 35.5 Å². The zero-order valence-electron chi connectivity index (χ0n) is 85.9. The molecule has 15 nitrogen and oxygen atoms in total. The van der Waals surface area contributed by atoms with E-state index in [2.05, 4.69) is 270 Å². The van der Waals surface area contributed by atoms with Crippen LogP contribution in [0.25, 0.3) is 21.9 Å². The largest absolute Gasteiger partial charge is 0.508 e. The van der Waals surface area contributed by atoms with Crippen LogP contribution < -0.4 is 30.7 Å². The van der Waals surface area contributed by atoms with Crippen molar-refractivity contribution in [3.05, 3.63) is 313 Å². The summed E-state index contributed by atoms with van der Waals surface area (Å²) >= 11 is 0. The van der Waals surface area contributed by atoms with E-state index >= 15 is 0 Å². The molecule has 0 radical (unpaired) electrons. The van der Waals surface area contributed by atoms with Gasteiger partial charge in [0.2, 0.25) is 0 Å². The summed E-state index contributed by atoms with van der Waals surface area (Å²) in [6, 6.07) is 85.8. The molecule has 0 saturated heterocycles. The Morgan fingerprint density at radius 3 is 0.508 bits per heavy atom. The molecule has 17 heteroatoms. The van der Waals surface area contributed by atoms with Gasteiger partial charge in [-0.1, -0.05) is 359 Å². The molecule has 0 aliphatic heterocycles. The topological polar surface area (TPSA) is 275 Å². The van der Waals surface area contributed by atoms with Crippen LogP contribution in [0.15, 0.2) is 285 Å². The summed E-state index contributed by atoms with van der Waals surface area (Å²) in [7, 11) is 1.58. The Morgan fingerprint density at radius 1 is 0.192 bits per heavy atom. The molecule has 0 aliphatic rings. The first-order valence-corrected chi connectivity index (χ1v) is 48.0. The van der Waals surface area contributed by atoms with E-state index < -0.39 is 15.6 Å². The zero-order valence-corrected chi connectivity index (χ0v) is 87.6. The normalized spacial score (nSPS) is 8.47. The fourth-order valence-electron chi connectivity index (χ4n) is 8.38. The van der Waals surface area contributed by atoms with Crippen molar-refractivity contribution in [2.45, 2.75) is 258 Å². The first kappa shape index (κ1) is 140. The minimum absolute atomic E-state index is 0.151. The lowest BCUT2D eigenvalue weighted by molar-refractivity contribution is 0.399. The lowest BCUT2D eigenvalue weighted by Gasteiger charge is -2.13. The van der Waals surface area contributed by atoms with Crippen LogP contribution >= 0.6 is 15.6 Å². The van der Waals surface area contributed by atoms with E-state index in [4.69, 9.17) is 50.3 Å². The molecular weight excluding hydrogens is 1660 g/mol. The number of phenols is 6. The fourth-order valence-corrected chi connectivity index (χ4v) is 10.7. The van der Waals surface area contributed by atoms with Crippen molar-refractivity contribution < 1.29 is 74.8 Å². The number of ether oxygens (including phenoxy) is 2. The molecular formula is C113H176O15P2+2. The summed E-state index contributed by atoms with van der Waals surface area (Å²) in [5.41, 5.74) is 8.27. The number of aliphatic hydroxyl groups is 5. The summed E-state index contributed by atoms with van der Waals surface area (Å²) in [4.78, 5) is 0. The number of hydrogen-bond donors (Lipinski definition) is 11. The van der Waals surface area contributed by atoms with Crippen molar-refractivity contribution in [3.8, 4) is 68.6 Å².